The van der Waals surface area contributed by atoms with Gasteiger partial charge in [0.05, 0.1) is 13.2 Å². The highest BCUT2D eigenvalue weighted by atomic mass is 16.2. The number of amides is 1. The molecule has 0 radical (unpaired) electrons. The molecular weight excluding hydrogens is 176 g/mol. The van der Waals surface area contributed by atoms with E-state index in [0.717, 1.165) is 19.6 Å². The molecule has 0 spiro atoms. The minimum atomic E-state index is 0.294. The van der Waals surface area contributed by atoms with Crippen LogP contribution in [-0.4, -0.2) is 41.5 Å². The first-order chi connectivity index (χ1) is 6.72. The van der Waals surface area contributed by atoms with Gasteiger partial charge in [-0.3, -0.25) is 9.69 Å². The summed E-state index contributed by atoms with van der Waals surface area (Å²) in [4.78, 5) is 15.8. The quantitative estimate of drug-likeness (QED) is 0.671. The molecule has 0 bridgehead atoms. The molecule has 1 heterocycles. The molecule has 1 fully saturated rings. The van der Waals surface area contributed by atoms with Crippen molar-refractivity contribution in [1.29, 1.82) is 0 Å². The summed E-state index contributed by atoms with van der Waals surface area (Å²) in [5, 5.41) is 0. The lowest BCUT2D eigenvalue weighted by Gasteiger charge is -2.25. The summed E-state index contributed by atoms with van der Waals surface area (Å²) in [6, 6.07) is 0.598. The van der Waals surface area contributed by atoms with E-state index in [-0.39, 0.29) is 0 Å². The third-order valence-electron chi connectivity index (χ3n) is 3.03. The zero-order chi connectivity index (χ0) is 10.6. The van der Waals surface area contributed by atoms with Gasteiger partial charge in [0.1, 0.15) is 0 Å². The van der Waals surface area contributed by atoms with Crippen molar-refractivity contribution in [2.24, 2.45) is 0 Å². The number of carbonyl (C=O) groups excluding carboxylic acids is 1. The minimum absolute atomic E-state index is 0.294. The number of hydrogen-bond donors (Lipinski definition) is 0. The second-order valence-corrected chi connectivity index (χ2v) is 3.99. The van der Waals surface area contributed by atoms with Crippen LogP contribution in [0.2, 0.25) is 0 Å². The fourth-order valence-electron chi connectivity index (χ4n) is 2.12. The van der Waals surface area contributed by atoms with E-state index in [1.165, 1.54) is 12.8 Å². The second kappa shape index (κ2) is 5.35. The minimum Gasteiger partial charge on any atom is -0.329 e. The van der Waals surface area contributed by atoms with Gasteiger partial charge in [-0.25, -0.2) is 0 Å². The molecule has 14 heavy (non-hydrogen) atoms. The van der Waals surface area contributed by atoms with E-state index in [1.54, 1.807) is 0 Å². The van der Waals surface area contributed by atoms with E-state index in [4.69, 9.17) is 0 Å². The van der Waals surface area contributed by atoms with E-state index in [0.29, 0.717) is 18.5 Å². The van der Waals surface area contributed by atoms with Crippen LogP contribution >= 0.6 is 0 Å². The van der Waals surface area contributed by atoms with Crippen LogP contribution < -0.4 is 0 Å². The Hall–Kier alpha value is -0.570. The number of carbonyl (C=O) groups is 1. The third kappa shape index (κ3) is 2.47. The first kappa shape index (κ1) is 11.5. The van der Waals surface area contributed by atoms with E-state index in [9.17, 15) is 4.79 Å². The highest BCUT2D eigenvalue weighted by molar-refractivity contribution is 5.80. The van der Waals surface area contributed by atoms with Gasteiger partial charge in [-0.15, -0.1) is 0 Å². The number of rotatable bonds is 5. The van der Waals surface area contributed by atoms with Crippen LogP contribution in [0.3, 0.4) is 0 Å². The Labute approximate surface area is 87.1 Å². The monoisotopic (exact) mass is 198 g/mol. The number of hydrogen-bond acceptors (Lipinski definition) is 2. The van der Waals surface area contributed by atoms with E-state index in [2.05, 4.69) is 18.7 Å². The van der Waals surface area contributed by atoms with Gasteiger partial charge in [0, 0.05) is 12.6 Å². The normalized spacial score (nSPS) is 20.5. The molecule has 0 aromatic carbocycles. The SMILES string of the molecule is CCCC(CC)N1CC(=O)N(CC)C1. The predicted molar refractivity (Wildman–Crippen MR) is 57.9 cm³/mol. The fourth-order valence-corrected chi connectivity index (χ4v) is 2.12. The van der Waals surface area contributed by atoms with Crippen molar-refractivity contribution in [2.45, 2.75) is 46.1 Å². The van der Waals surface area contributed by atoms with Crippen molar-refractivity contribution < 1.29 is 4.79 Å². The summed E-state index contributed by atoms with van der Waals surface area (Å²) in [5.41, 5.74) is 0. The van der Waals surface area contributed by atoms with Crippen LogP contribution in [0.15, 0.2) is 0 Å². The molecule has 3 heteroatoms. The number of nitrogens with zero attached hydrogens (tertiary/aromatic N) is 2. The van der Waals surface area contributed by atoms with Crippen LogP contribution in [0.5, 0.6) is 0 Å². The smallest absolute Gasteiger partial charge is 0.237 e. The molecule has 82 valence electrons. The largest absolute Gasteiger partial charge is 0.329 e. The first-order valence-corrected chi connectivity index (χ1v) is 5.74. The van der Waals surface area contributed by atoms with Crippen molar-refractivity contribution in [3.63, 3.8) is 0 Å². The molecule has 3 nitrogen and oxygen atoms in total. The fraction of sp³-hybridized carbons (Fsp3) is 0.909. The average Bonchev–Trinajstić information content (AvgIpc) is 2.56. The van der Waals surface area contributed by atoms with Gasteiger partial charge in [0.15, 0.2) is 0 Å². The van der Waals surface area contributed by atoms with E-state index < -0.39 is 0 Å². The maximum absolute atomic E-state index is 11.5. The molecule has 1 rings (SSSR count). The molecule has 1 unspecified atom stereocenters. The molecule has 0 saturated carbocycles. The van der Waals surface area contributed by atoms with Crippen LogP contribution in [0, 0.1) is 0 Å². The Kier molecular flexibility index (Phi) is 4.39. The first-order valence-electron chi connectivity index (χ1n) is 5.74. The highest BCUT2D eigenvalue weighted by Gasteiger charge is 2.29. The molecule has 1 aliphatic rings. The van der Waals surface area contributed by atoms with Crippen molar-refractivity contribution in [3.05, 3.63) is 0 Å². The van der Waals surface area contributed by atoms with E-state index in [1.807, 2.05) is 11.8 Å². The van der Waals surface area contributed by atoms with E-state index >= 15 is 0 Å². The van der Waals surface area contributed by atoms with Gasteiger partial charge in [-0.2, -0.15) is 0 Å². The zero-order valence-corrected chi connectivity index (χ0v) is 9.62. The lowest BCUT2D eigenvalue weighted by molar-refractivity contribution is -0.126. The third-order valence-corrected chi connectivity index (χ3v) is 3.03. The highest BCUT2D eigenvalue weighted by Crippen LogP contribution is 2.16. The molecule has 1 saturated heterocycles. The summed E-state index contributed by atoms with van der Waals surface area (Å²) in [5.74, 6) is 0.294. The molecule has 0 aromatic rings. The van der Waals surface area contributed by atoms with Crippen LogP contribution in [0.25, 0.3) is 0 Å². The molecule has 1 atom stereocenters. The lowest BCUT2D eigenvalue weighted by atomic mass is 10.1. The summed E-state index contributed by atoms with van der Waals surface area (Å²) >= 11 is 0. The predicted octanol–water partition coefficient (Wildman–Crippen LogP) is 1.69. The van der Waals surface area contributed by atoms with Gasteiger partial charge < -0.3 is 4.90 Å². The summed E-state index contributed by atoms with van der Waals surface area (Å²) in [7, 11) is 0. The van der Waals surface area contributed by atoms with Gasteiger partial charge in [-0.05, 0) is 19.8 Å². The molecule has 1 amide bonds. The standard InChI is InChI=1S/C11H22N2O/c1-4-7-10(5-2)13-8-11(14)12(6-3)9-13/h10H,4-9H2,1-3H3. The number of likely N-dealkylation sites (N-methyl/N-ethyl adjacent to an activating group) is 1. The Morgan fingerprint density at radius 3 is 2.50 bits per heavy atom. The Balaban J connectivity index is 2.49. The Morgan fingerprint density at radius 2 is 2.07 bits per heavy atom. The maximum Gasteiger partial charge on any atom is 0.237 e. The summed E-state index contributed by atoms with van der Waals surface area (Å²) in [6.07, 6.45) is 3.56. The molecular formula is C11H22N2O. The summed E-state index contributed by atoms with van der Waals surface area (Å²) < 4.78 is 0. The Morgan fingerprint density at radius 1 is 1.36 bits per heavy atom. The zero-order valence-electron chi connectivity index (χ0n) is 9.62. The topological polar surface area (TPSA) is 23.6 Å². The molecule has 0 aliphatic carbocycles. The molecule has 0 N–H and O–H groups in total. The van der Waals surface area contributed by atoms with Gasteiger partial charge >= 0.3 is 0 Å². The van der Waals surface area contributed by atoms with Crippen LogP contribution in [0.4, 0.5) is 0 Å². The van der Waals surface area contributed by atoms with Crippen molar-refractivity contribution in [2.75, 3.05) is 19.8 Å². The average molecular weight is 198 g/mol. The lowest BCUT2D eigenvalue weighted by Crippen LogP contribution is -2.34. The van der Waals surface area contributed by atoms with Crippen LogP contribution in [0.1, 0.15) is 40.0 Å². The summed E-state index contributed by atoms with van der Waals surface area (Å²) in [6.45, 7) is 8.78. The van der Waals surface area contributed by atoms with Crippen LogP contribution in [-0.2, 0) is 4.79 Å². The van der Waals surface area contributed by atoms with Gasteiger partial charge in [0.25, 0.3) is 0 Å². The van der Waals surface area contributed by atoms with Crippen molar-refractivity contribution in [1.82, 2.24) is 9.80 Å². The second-order valence-electron chi connectivity index (χ2n) is 3.99. The maximum atomic E-state index is 11.5. The molecule has 0 aromatic heterocycles. The van der Waals surface area contributed by atoms with Crippen molar-refractivity contribution in [3.8, 4) is 0 Å². The molecule has 1 aliphatic heterocycles. The Bertz CT molecular complexity index is 194. The van der Waals surface area contributed by atoms with Gasteiger partial charge in [-0.1, -0.05) is 20.3 Å². The van der Waals surface area contributed by atoms with Crippen molar-refractivity contribution >= 4 is 5.91 Å². The van der Waals surface area contributed by atoms with Gasteiger partial charge in [0.2, 0.25) is 5.91 Å².